The second-order valence-electron chi connectivity index (χ2n) is 9.88. The third kappa shape index (κ3) is 5.06. The second-order valence-corrected chi connectivity index (χ2v) is 9.88. The van der Waals surface area contributed by atoms with Crippen LogP contribution in [0.2, 0.25) is 0 Å². The zero-order valence-corrected chi connectivity index (χ0v) is 20.4. The Morgan fingerprint density at radius 2 is 1.71 bits per heavy atom. The van der Waals surface area contributed by atoms with Crippen molar-refractivity contribution in [2.24, 2.45) is 0 Å². The molecule has 1 atom stereocenters. The van der Waals surface area contributed by atoms with Crippen LogP contribution in [0.5, 0.6) is 0 Å². The number of hydrogen-bond donors (Lipinski definition) is 0. The molecule has 0 N–H and O–H groups in total. The number of nitriles is 1. The van der Waals surface area contributed by atoms with Gasteiger partial charge in [-0.15, -0.1) is 0 Å². The number of carbonyl (C=O) groups excluding carboxylic acids is 1. The van der Waals surface area contributed by atoms with E-state index in [0.29, 0.717) is 19.6 Å². The average molecular weight is 461 g/mol. The molecule has 2 aliphatic heterocycles. The highest BCUT2D eigenvalue weighted by Gasteiger charge is 2.51. The van der Waals surface area contributed by atoms with Crippen LogP contribution in [0.1, 0.15) is 39.7 Å². The van der Waals surface area contributed by atoms with Crippen molar-refractivity contribution in [2.45, 2.75) is 58.0 Å². The number of nitrogens with zero attached hydrogens (tertiary/aromatic N) is 3. The van der Waals surface area contributed by atoms with Gasteiger partial charge >= 0.3 is 13.2 Å². The van der Waals surface area contributed by atoms with Gasteiger partial charge in [0.15, 0.2) is 0 Å². The number of rotatable bonds is 5. The number of carbonyl (C=O) groups is 1. The molecule has 2 aromatic rings. The van der Waals surface area contributed by atoms with E-state index in [4.69, 9.17) is 14.0 Å². The van der Waals surface area contributed by atoms with Crippen molar-refractivity contribution in [1.82, 2.24) is 4.90 Å². The lowest BCUT2D eigenvalue weighted by molar-refractivity contribution is 0.00578. The van der Waals surface area contributed by atoms with Crippen molar-refractivity contribution >= 4 is 24.4 Å². The van der Waals surface area contributed by atoms with Gasteiger partial charge in [0.05, 0.1) is 29.7 Å². The number of benzene rings is 2. The number of anilines is 1. The van der Waals surface area contributed by atoms with Gasteiger partial charge in [0.1, 0.15) is 6.61 Å². The Labute approximate surface area is 202 Å². The van der Waals surface area contributed by atoms with E-state index in [1.54, 1.807) is 4.90 Å². The molecule has 34 heavy (non-hydrogen) atoms. The molecule has 2 fully saturated rings. The van der Waals surface area contributed by atoms with Gasteiger partial charge < -0.3 is 23.8 Å². The van der Waals surface area contributed by atoms with Crippen molar-refractivity contribution in [3.05, 3.63) is 60.2 Å². The molecule has 7 nitrogen and oxygen atoms in total. The molecule has 2 heterocycles. The van der Waals surface area contributed by atoms with Crippen LogP contribution < -0.4 is 10.4 Å². The van der Waals surface area contributed by atoms with Crippen LogP contribution in [0, 0.1) is 11.3 Å². The van der Waals surface area contributed by atoms with Gasteiger partial charge in [-0.3, -0.25) is 0 Å². The maximum atomic E-state index is 12.7. The van der Waals surface area contributed by atoms with Gasteiger partial charge in [-0.25, -0.2) is 4.79 Å². The summed E-state index contributed by atoms with van der Waals surface area (Å²) in [5.41, 5.74) is 2.19. The molecular weight excluding hydrogens is 429 g/mol. The van der Waals surface area contributed by atoms with Gasteiger partial charge in [-0.05, 0) is 50.9 Å². The molecule has 2 saturated heterocycles. The Kier molecular flexibility index (Phi) is 6.87. The molecule has 0 spiro atoms. The fraction of sp³-hybridized carbons (Fsp3) is 0.462. The average Bonchev–Trinajstić information content (AvgIpc) is 3.05. The van der Waals surface area contributed by atoms with Crippen molar-refractivity contribution in [1.29, 1.82) is 5.26 Å². The molecule has 0 aromatic heterocycles. The Hall–Kier alpha value is -3.02. The van der Waals surface area contributed by atoms with Crippen molar-refractivity contribution < 1.29 is 18.8 Å². The molecule has 8 heteroatoms. The first-order valence-electron chi connectivity index (χ1n) is 11.7. The predicted molar refractivity (Wildman–Crippen MR) is 132 cm³/mol. The van der Waals surface area contributed by atoms with Gasteiger partial charge in [-0.2, -0.15) is 5.26 Å². The predicted octanol–water partition coefficient (Wildman–Crippen LogP) is 3.73. The van der Waals surface area contributed by atoms with Crippen molar-refractivity contribution in [2.75, 3.05) is 24.5 Å². The van der Waals surface area contributed by atoms with Crippen LogP contribution >= 0.6 is 0 Å². The molecule has 2 aromatic carbocycles. The lowest BCUT2D eigenvalue weighted by Crippen LogP contribution is -2.55. The zero-order chi connectivity index (χ0) is 24.3. The summed E-state index contributed by atoms with van der Waals surface area (Å²) in [7, 11) is -0.401. The number of amides is 1. The summed E-state index contributed by atoms with van der Waals surface area (Å²) in [6.45, 7) is 10.1. The molecular formula is C26H32BN3O4. The first-order chi connectivity index (χ1) is 16.2. The summed E-state index contributed by atoms with van der Waals surface area (Å²) in [6, 6.07) is 19.7. The summed E-state index contributed by atoms with van der Waals surface area (Å²) in [5, 5.41) is 9.35. The summed E-state index contributed by atoms with van der Waals surface area (Å²) in [6.07, 6.45) is -0.122. The summed E-state index contributed by atoms with van der Waals surface area (Å²) >= 11 is 0. The highest BCUT2D eigenvalue weighted by atomic mass is 16.7. The van der Waals surface area contributed by atoms with Crippen LogP contribution in [-0.2, 0) is 20.7 Å². The summed E-state index contributed by atoms with van der Waals surface area (Å²) in [4.78, 5) is 16.6. The van der Waals surface area contributed by atoms with E-state index in [0.717, 1.165) is 16.7 Å². The Morgan fingerprint density at radius 1 is 1.06 bits per heavy atom. The molecule has 0 aliphatic carbocycles. The molecule has 0 radical (unpaired) electrons. The van der Waals surface area contributed by atoms with E-state index in [1.807, 2.05) is 82.3 Å². The van der Waals surface area contributed by atoms with Crippen LogP contribution in [0.15, 0.2) is 54.6 Å². The third-order valence-corrected chi connectivity index (χ3v) is 7.03. The van der Waals surface area contributed by atoms with Crippen LogP contribution in [0.3, 0.4) is 0 Å². The monoisotopic (exact) mass is 461 g/mol. The lowest BCUT2D eigenvalue weighted by Gasteiger charge is -2.41. The Morgan fingerprint density at radius 3 is 2.32 bits per heavy atom. The molecule has 0 bridgehead atoms. The van der Waals surface area contributed by atoms with E-state index in [-0.39, 0.29) is 36.4 Å². The van der Waals surface area contributed by atoms with Crippen LogP contribution in [-0.4, -0.2) is 55.0 Å². The van der Waals surface area contributed by atoms with E-state index in [2.05, 4.69) is 11.0 Å². The molecule has 4 rings (SSSR count). The highest BCUT2D eigenvalue weighted by Crippen LogP contribution is 2.36. The standard InChI is InChI=1S/C26H32BN3O4/c1-25(2)26(3,4)34-27(33-25)21-10-12-22(13-11-21)29-16-17-30(23(18-29)14-15-28)24(31)32-19-20-8-6-5-7-9-20/h5-13,23H,14,16-19H2,1-4H3/t23-/m0/s1. The largest absolute Gasteiger partial charge is 0.494 e. The van der Waals surface area contributed by atoms with Crippen molar-refractivity contribution in [3.8, 4) is 6.07 Å². The summed E-state index contributed by atoms with van der Waals surface area (Å²) < 4.78 is 17.8. The minimum absolute atomic E-state index is 0.222. The fourth-order valence-corrected chi connectivity index (χ4v) is 4.23. The first kappa shape index (κ1) is 24.1. The number of hydrogen-bond acceptors (Lipinski definition) is 6. The minimum Gasteiger partial charge on any atom is -0.445 e. The Balaban J connectivity index is 1.39. The maximum Gasteiger partial charge on any atom is 0.494 e. The van der Waals surface area contributed by atoms with E-state index in [1.165, 1.54) is 0 Å². The lowest BCUT2D eigenvalue weighted by atomic mass is 9.79. The summed E-state index contributed by atoms with van der Waals surface area (Å²) in [5.74, 6) is 0. The molecule has 0 unspecified atom stereocenters. The topological polar surface area (TPSA) is 75.0 Å². The normalized spacial score (nSPS) is 21.3. The molecule has 1 amide bonds. The van der Waals surface area contributed by atoms with Gasteiger partial charge in [0.25, 0.3) is 0 Å². The third-order valence-electron chi connectivity index (χ3n) is 7.03. The zero-order valence-electron chi connectivity index (χ0n) is 20.4. The highest BCUT2D eigenvalue weighted by molar-refractivity contribution is 6.62. The first-order valence-corrected chi connectivity index (χ1v) is 11.7. The molecule has 178 valence electrons. The van der Waals surface area contributed by atoms with Gasteiger partial charge in [0, 0.05) is 25.3 Å². The van der Waals surface area contributed by atoms with Crippen LogP contribution in [0.4, 0.5) is 10.5 Å². The molecule has 0 saturated carbocycles. The minimum atomic E-state index is -0.401. The van der Waals surface area contributed by atoms with Gasteiger partial charge in [-0.1, -0.05) is 42.5 Å². The van der Waals surface area contributed by atoms with E-state index < -0.39 is 7.12 Å². The van der Waals surface area contributed by atoms with Gasteiger partial charge in [0.2, 0.25) is 0 Å². The van der Waals surface area contributed by atoms with Crippen LogP contribution in [0.25, 0.3) is 0 Å². The van der Waals surface area contributed by atoms with Crippen molar-refractivity contribution in [3.63, 3.8) is 0 Å². The second kappa shape index (κ2) is 9.69. The van der Waals surface area contributed by atoms with E-state index >= 15 is 0 Å². The fourth-order valence-electron chi connectivity index (χ4n) is 4.23. The SMILES string of the molecule is CC1(C)OB(c2ccc(N3CCN(C(=O)OCc4ccccc4)[C@@H](CC#N)C3)cc2)OC1(C)C. The Bertz CT molecular complexity index is 1020. The molecule has 2 aliphatic rings. The van der Waals surface area contributed by atoms with E-state index in [9.17, 15) is 10.1 Å². The smallest absolute Gasteiger partial charge is 0.445 e. The quantitative estimate of drug-likeness (QED) is 0.632. The number of piperazine rings is 1. The number of ether oxygens (including phenoxy) is 1. The maximum absolute atomic E-state index is 12.7.